The molecule has 166 valence electrons. The summed E-state index contributed by atoms with van der Waals surface area (Å²) in [5, 5.41) is 5.04. The van der Waals surface area contributed by atoms with Gasteiger partial charge in [-0.25, -0.2) is 31.9 Å². The van der Waals surface area contributed by atoms with E-state index in [1.807, 2.05) is 6.07 Å². The first-order valence-corrected chi connectivity index (χ1v) is 9.28. The second-order valence-corrected chi connectivity index (χ2v) is 6.61. The summed E-state index contributed by atoms with van der Waals surface area (Å²) < 4.78 is 67.4. The molecular weight excluding hydrogens is 445 g/mol. The second kappa shape index (κ2) is 8.99. The molecule has 0 spiro atoms. The fraction of sp³-hybridized carbons (Fsp3) is 0. The molecule has 11 heteroatoms. The van der Waals surface area contributed by atoms with Crippen molar-refractivity contribution in [1.29, 1.82) is 0 Å². The summed E-state index contributed by atoms with van der Waals surface area (Å²) in [6, 6.07) is 11.0. The molecule has 0 atom stereocenters. The monoisotopic (exact) mass is 457 g/mol. The van der Waals surface area contributed by atoms with Gasteiger partial charge >= 0.3 is 0 Å². The van der Waals surface area contributed by atoms with E-state index in [9.17, 15) is 26.7 Å². The first-order valence-electron chi connectivity index (χ1n) is 9.28. The fourth-order valence-corrected chi connectivity index (χ4v) is 2.86. The van der Waals surface area contributed by atoms with Crippen molar-refractivity contribution < 1.29 is 26.7 Å². The Balaban J connectivity index is 1.49. The van der Waals surface area contributed by atoms with Gasteiger partial charge in [-0.3, -0.25) is 9.78 Å². The summed E-state index contributed by atoms with van der Waals surface area (Å²) in [5.74, 6) is -12.4. The fourth-order valence-electron chi connectivity index (χ4n) is 2.86. The highest BCUT2D eigenvalue weighted by Gasteiger charge is 2.29. The van der Waals surface area contributed by atoms with E-state index >= 15 is 0 Å². The van der Waals surface area contributed by atoms with Crippen LogP contribution in [0.4, 0.5) is 39.3 Å². The van der Waals surface area contributed by atoms with Crippen molar-refractivity contribution >= 4 is 23.2 Å². The first kappa shape index (κ1) is 21.8. The van der Waals surface area contributed by atoms with Crippen LogP contribution in [-0.4, -0.2) is 20.9 Å². The van der Waals surface area contributed by atoms with Crippen LogP contribution in [0.3, 0.4) is 0 Å². The lowest BCUT2D eigenvalue weighted by molar-refractivity contribution is 0.101. The van der Waals surface area contributed by atoms with E-state index < -0.39 is 40.6 Å². The molecule has 6 nitrogen and oxygen atoms in total. The molecule has 0 aliphatic rings. The molecular formula is C22H12F5N5O. The lowest BCUT2D eigenvalue weighted by atomic mass is 10.1. The molecule has 2 N–H and O–H groups in total. The zero-order chi connectivity index (χ0) is 23.5. The molecule has 0 saturated carbocycles. The van der Waals surface area contributed by atoms with Gasteiger partial charge in [-0.2, -0.15) is 0 Å². The number of amides is 1. The summed E-state index contributed by atoms with van der Waals surface area (Å²) in [5.41, 5.74) is 0.405. The summed E-state index contributed by atoms with van der Waals surface area (Å²) >= 11 is 0. The number of halogens is 5. The molecule has 2 heterocycles. The zero-order valence-electron chi connectivity index (χ0n) is 16.4. The highest BCUT2D eigenvalue weighted by atomic mass is 19.2. The molecule has 0 bridgehead atoms. The average Bonchev–Trinajstić information content (AvgIpc) is 2.83. The van der Waals surface area contributed by atoms with Gasteiger partial charge in [-0.1, -0.05) is 0 Å². The summed E-state index contributed by atoms with van der Waals surface area (Å²) in [6.45, 7) is 0. The van der Waals surface area contributed by atoms with Crippen LogP contribution in [0.2, 0.25) is 0 Å². The van der Waals surface area contributed by atoms with Gasteiger partial charge in [0.25, 0.3) is 5.91 Å². The lowest BCUT2D eigenvalue weighted by Gasteiger charge is -2.10. The van der Waals surface area contributed by atoms with E-state index in [2.05, 4.69) is 25.6 Å². The van der Waals surface area contributed by atoms with Gasteiger partial charge in [0.15, 0.2) is 23.3 Å². The number of nitrogens with zero attached hydrogens (tertiary/aromatic N) is 3. The van der Waals surface area contributed by atoms with Crippen molar-refractivity contribution in [3.8, 4) is 11.3 Å². The van der Waals surface area contributed by atoms with Crippen LogP contribution < -0.4 is 10.6 Å². The van der Waals surface area contributed by atoms with E-state index in [1.165, 1.54) is 24.3 Å². The summed E-state index contributed by atoms with van der Waals surface area (Å²) in [4.78, 5) is 24.7. The van der Waals surface area contributed by atoms with Crippen LogP contribution in [0, 0.1) is 29.1 Å². The topological polar surface area (TPSA) is 79.8 Å². The maximum atomic E-state index is 13.8. The molecule has 4 aromatic rings. The van der Waals surface area contributed by atoms with E-state index in [1.54, 1.807) is 30.7 Å². The van der Waals surface area contributed by atoms with Crippen molar-refractivity contribution in [3.63, 3.8) is 0 Å². The number of hydrogen-bond acceptors (Lipinski definition) is 5. The van der Waals surface area contributed by atoms with Gasteiger partial charge in [0.2, 0.25) is 11.8 Å². The summed E-state index contributed by atoms with van der Waals surface area (Å²) in [7, 11) is 0. The van der Waals surface area contributed by atoms with Crippen LogP contribution in [-0.2, 0) is 0 Å². The van der Waals surface area contributed by atoms with Crippen LogP contribution in [0.25, 0.3) is 11.3 Å². The van der Waals surface area contributed by atoms with Gasteiger partial charge in [0, 0.05) is 35.5 Å². The minimum atomic E-state index is -2.34. The highest BCUT2D eigenvalue weighted by molar-refractivity contribution is 6.04. The van der Waals surface area contributed by atoms with Crippen LogP contribution in [0.15, 0.2) is 61.1 Å². The minimum Gasteiger partial charge on any atom is -0.324 e. The first-order chi connectivity index (χ1) is 15.8. The number of carbonyl (C=O) groups excluding carboxylic acids is 1. The van der Waals surface area contributed by atoms with E-state index in [4.69, 9.17) is 0 Å². The Kier molecular flexibility index (Phi) is 5.94. The van der Waals surface area contributed by atoms with Crippen molar-refractivity contribution in [2.24, 2.45) is 0 Å². The maximum absolute atomic E-state index is 13.8. The Labute approximate surface area is 183 Å². The van der Waals surface area contributed by atoms with Crippen LogP contribution >= 0.6 is 0 Å². The third-order valence-corrected chi connectivity index (χ3v) is 4.45. The molecule has 0 aliphatic carbocycles. The molecule has 0 fully saturated rings. The Bertz CT molecular complexity index is 1300. The quantitative estimate of drug-likeness (QED) is 0.244. The van der Waals surface area contributed by atoms with Gasteiger partial charge in [0.1, 0.15) is 5.56 Å². The van der Waals surface area contributed by atoms with Crippen LogP contribution in [0.5, 0.6) is 0 Å². The zero-order valence-corrected chi connectivity index (χ0v) is 16.4. The van der Waals surface area contributed by atoms with Crippen molar-refractivity contribution in [3.05, 3.63) is 95.7 Å². The minimum absolute atomic E-state index is 0.0551. The van der Waals surface area contributed by atoms with E-state index in [0.29, 0.717) is 11.4 Å². The Morgan fingerprint density at radius 1 is 0.758 bits per heavy atom. The SMILES string of the molecule is O=C(Nc1ccc(Nc2nccc(-c3cccnc3)n2)cc1)c1c(F)c(F)c(F)c(F)c1F. The molecule has 0 saturated heterocycles. The van der Waals surface area contributed by atoms with Crippen LogP contribution in [0.1, 0.15) is 10.4 Å². The molecule has 2 aromatic heterocycles. The molecule has 33 heavy (non-hydrogen) atoms. The summed E-state index contributed by atoms with van der Waals surface area (Å²) in [6.07, 6.45) is 4.83. The number of anilines is 3. The molecule has 1 amide bonds. The Morgan fingerprint density at radius 3 is 2.03 bits per heavy atom. The Hall–Kier alpha value is -4.41. The smallest absolute Gasteiger partial charge is 0.261 e. The maximum Gasteiger partial charge on any atom is 0.261 e. The number of aromatic nitrogens is 3. The predicted octanol–water partition coefficient (Wildman–Crippen LogP) is 5.23. The van der Waals surface area contributed by atoms with Crippen molar-refractivity contribution in [1.82, 2.24) is 15.0 Å². The second-order valence-electron chi connectivity index (χ2n) is 6.61. The Morgan fingerprint density at radius 2 is 1.39 bits per heavy atom. The normalized spacial score (nSPS) is 10.7. The molecule has 2 aromatic carbocycles. The third kappa shape index (κ3) is 4.47. The van der Waals surface area contributed by atoms with Crippen molar-refractivity contribution in [2.75, 3.05) is 10.6 Å². The number of nitrogens with one attached hydrogen (secondary N) is 2. The highest BCUT2D eigenvalue weighted by Crippen LogP contribution is 2.25. The molecule has 0 aliphatic heterocycles. The molecule has 0 unspecified atom stereocenters. The lowest BCUT2D eigenvalue weighted by Crippen LogP contribution is -2.19. The van der Waals surface area contributed by atoms with Gasteiger partial charge < -0.3 is 10.6 Å². The van der Waals surface area contributed by atoms with Crippen molar-refractivity contribution in [2.45, 2.75) is 0 Å². The van der Waals surface area contributed by atoms with E-state index in [-0.39, 0.29) is 11.6 Å². The van der Waals surface area contributed by atoms with Gasteiger partial charge in [-0.05, 0) is 42.5 Å². The number of benzene rings is 2. The number of rotatable bonds is 5. The number of hydrogen-bond donors (Lipinski definition) is 2. The van der Waals surface area contributed by atoms with Gasteiger partial charge in [-0.15, -0.1) is 0 Å². The number of carbonyl (C=O) groups is 1. The van der Waals surface area contributed by atoms with E-state index in [0.717, 1.165) is 5.56 Å². The molecule has 0 radical (unpaired) electrons. The predicted molar refractivity (Wildman–Crippen MR) is 109 cm³/mol. The standard InChI is InChI=1S/C22H12F5N5O/c23-16-15(17(24)19(26)20(27)18(16)25)21(33)30-12-3-5-13(6-4-12)31-22-29-9-7-14(32-22)11-2-1-8-28-10-11/h1-10H,(H,30,33)(H,29,31,32). The largest absolute Gasteiger partial charge is 0.324 e. The average molecular weight is 457 g/mol. The third-order valence-electron chi connectivity index (χ3n) is 4.45. The number of pyridine rings is 1. The van der Waals surface area contributed by atoms with Gasteiger partial charge in [0.05, 0.1) is 5.69 Å². The molecule has 4 rings (SSSR count).